The predicted octanol–water partition coefficient (Wildman–Crippen LogP) is 3.70. The van der Waals surface area contributed by atoms with Crippen molar-refractivity contribution in [2.75, 3.05) is 31.5 Å². The third-order valence-electron chi connectivity index (χ3n) is 5.08. The van der Waals surface area contributed by atoms with Crippen LogP contribution in [-0.2, 0) is 6.18 Å². The molecule has 0 radical (unpaired) electrons. The maximum atomic E-state index is 12.6. The highest BCUT2D eigenvalue weighted by atomic mass is 19.4. The summed E-state index contributed by atoms with van der Waals surface area (Å²) in [7, 11) is 0. The lowest BCUT2D eigenvalue weighted by molar-refractivity contribution is -0.137. The zero-order valence-corrected chi connectivity index (χ0v) is 13.5. The fraction of sp³-hybridized carbons (Fsp3) is 0.588. The van der Waals surface area contributed by atoms with E-state index in [1.165, 1.54) is 12.1 Å². The van der Waals surface area contributed by atoms with Crippen molar-refractivity contribution < 1.29 is 18.0 Å². The number of carbonyl (C=O) groups excluding carboxylic acids is 1. The monoisotopic (exact) mass is 341 g/mol. The Morgan fingerprint density at radius 1 is 1.12 bits per heavy atom. The molecular formula is C17H22F3N3O. The van der Waals surface area contributed by atoms with Crippen LogP contribution in [0.5, 0.6) is 0 Å². The molecule has 2 N–H and O–H groups in total. The van der Waals surface area contributed by atoms with Crippen LogP contribution in [0.4, 0.5) is 23.7 Å². The van der Waals surface area contributed by atoms with Crippen LogP contribution < -0.4 is 10.6 Å². The highest BCUT2D eigenvalue weighted by Gasteiger charge is 2.38. The van der Waals surface area contributed by atoms with Gasteiger partial charge in [0, 0.05) is 18.8 Å². The molecule has 2 aliphatic rings. The molecule has 1 aromatic rings. The van der Waals surface area contributed by atoms with Gasteiger partial charge in [0.15, 0.2) is 0 Å². The number of urea groups is 1. The molecule has 0 bridgehead atoms. The van der Waals surface area contributed by atoms with E-state index in [2.05, 4.69) is 10.6 Å². The van der Waals surface area contributed by atoms with E-state index in [4.69, 9.17) is 0 Å². The van der Waals surface area contributed by atoms with Crippen molar-refractivity contribution in [3.8, 4) is 0 Å². The van der Waals surface area contributed by atoms with Gasteiger partial charge in [0.25, 0.3) is 0 Å². The second kappa shape index (κ2) is 6.63. The summed E-state index contributed by atoms with van der Waals surface area (Å²) in [6.45, 7) is 3.38. The number of benzene rings is 1. The Morgan fingerprint density at radius 2 is 1.79 bits per heavy atom. The molecule has 0 aromatic heterocycles. The maximum absolute atomic E-state index is 12.6. The van der Waals surface area contributed by atoms with E-state index >= 15 is 0 Å². The Labute approximate surface area is 139 Å². The van der Waals surface area contributed by atoms with Crippen molar-refractivity contribution in [2.45, 2.75) is 31.9 Å². The van der Waals surface area contributed by atoms with Crippen LogP contribution in [0.15, 0.2) is 24.3 Å². The van der Waals surface area contributed by atoms with Crippen molar-refractivity contribution in [2.24, 2.45) is 5.41 Å². The molecule has 24 heavy (non-hydrogen) atoms. The van der Waals surface area contributed by atoms with Crippen LogP contribution in [0, 0.1) is 5.41 Å². The van der Waals surface area contributed by atoms with Gasteiger partial charge in [0.05, 0.1) is 5.56 Å². The second-order valence-electron chi connectivity index (χ2n) is 6.78. The Balaban J connectivity index is 1.62. The van der Waals surface area contributed by atoms with Crippen LogP contribution in [0.3, 0.4) is 0 Å². The molecule has 0 unspecified atom stereocenters. The van der Waals surface area contributed by atoms with E-state index in [9.17, 15) is 18.0 Å². The first kappa shape index (κ1) is 17.1. The molecule has 2 saturated heterocycles. The van der Waals surface area contributed by atoms with Gasteiger partial charge in [0.1, 0.15) is 0 Å². The van der Waals surface area contributed by atoms with Crippen LogP contribution in [0.2, 0.25) is 0 Å². The average Bonchev–Trinajstić information content (AvgIpc) is 2.55. The van der Waals surface area contributed by atoms with E-state index in [0.717, 1.165) is 57.5 Å². The third-order valence-corrected chi connectivity index (χ3v) is 5.08. The summed E-state index contributed by atoms with van der Waals surface area (Å²) in [6.07, 6.45) is -0.121. The average molecular weight is 341 g/mol. The topological polar surface area (TPSA) is 44.4 Å². The summed E-state index contributed by atoms with van der Waals surface area (Å²) in [6, 6.07) is 4.34. The molecular weight excluding hydrogens is 319 g/mol. The molecule has 2 aliphatic heterocycles. The number of hydrogen-bond donors (Lipinski definition) is 2. The summed E-state index contributed by atoms with van der Waals surface area (Å²) in [4.78, 5) is 14.3. The van der Waals surface area contributed by atoms with Crippen molar-refractivity contribution >= 4 is 11.7 Å². The molecule has 3 rings (SSSR count). The summed E-state index contributed by atoms with van der Waals surface area (Å²) in [5, 5.41) is 6.06. The molecule has 2 amide bonds. The molecule has 132 valence electrons. The molecule has 0 atom stereocenters. The molecule has 2 fully saturated rings. The van der Waals surface area contributed by atoms with E-state index in [0.29, 0.717) is 12.2 Å². The number of amides is 2. The van der Waals surface area contributed by atoms with Crippen molar-refractivity contribution in [3.63, 3.8) is 0 Å². The van der Waals surface area contributed by atoms with Gasteiger partial charge < -0.3 is 15.5 Å². The number of alkyl halides is 3. The fourth-order valence-corrected chi connectivity index (χ4v) is 3.69. The van der Waals surface area contributed by atoms with Gasteiger partial charge >= 0.3 is 12.2 Å². The Hall–Kier alpha value is -1.76. The van der Waals surface area contributed by atoms with Gasteiger partial charge in [-0.15, -0.1) is 0 Å². The van der Waals surface area contributed by atoms with Crippen LogP contribution >= 0.6 is 0 Å². The number of nitrogens with zero attached hydrogens (tertiary/aromatic N) is 1. The number of nitrogens with one attached hydrogen (secondary N) is 2. The number of anilines is 1. The van der Waals surface area contributed by atoms with Crippen molar-refractivity contribution in [1.82, 2.24) is 10.2 Å². The lowest BCUT2D eigenvalue weighted by Crippen LogP contribution is -2.51. The number of likely N-dealkylation sites (tertiary alicyclic amines) is 1. The van der Waals surface area contributed by atoms with E-state index in [-0.39, 0.29) is 11.4 Å². The van der Waals surface area contributed by atoms with Gasteiger partial charge in [-0.2, -0.15) is 13.2 Å². The van der Waals surface area contributed by atoms with Gasteiger partial charge in [-0.3, -0.25) is 0 Å². The highest BCUT2D eigenvalue weighted by molar-refractivity contribution is 5.89. The normalized spacial score (nSPS) is 20.9. The van der Waals surface area contributed by atoms with Crippen LogP contribution in [-0.4, -0.2) is 37.1 Å². The fourth-order valence-electron chi connectivity index (χ4n) is 3.69. The predicted molar refractivity (Wildman–Crippen MR) is 85.8 cm³/mol. The minimum absolute atomic E-state index is 0.195. The summed E-state index contributed by atoms with van der Waals surface area (Å²) in [5.41, 5.74) is -0.133. The van der Waals surface area contributed by atoms with Crippen molar-refractivity contribution in [3.05, 3.63) is 29.8 Å². The van der Waals surface area contributed by atoms with E-state index < -0.39 is 11.7 Å². The second-order valence-corrected chi connectivity index (χ2v) is 6.78. The Morgan fingerprint density at radius 3 is 2.42 bits per heavy atom. The van der Waals surface area contributed by atoms with Crippen molar-refractivity contribution in [1.29, 1.82) is 0 Å². The molecule has 1 spiro atoms. The number of piperidine rings is 2. The third kappa shape index (κ3) is 3.83. The van der Waals surface area contributed by atoms with Gasteiger partial charge in [-0.25, -0.2) is 4.79 Å². The van der Waals surface area contributed by atoms with Crippen LogP contribution in [0.25, 0.3) is 0 Å². The van der Waals surface area contributed by atoms with Crippen LogP contribution in [0.1, 0.15) is 31.2 Å². The summed E-state index contributed by atoms with van der Waals surface area (Å²) in [5.74, 6) is 0. The minimum Gasteiger partial charge on any atom is -0.324 e. The quantitative estimate of drug-likeness (QED) is 0.818. The number of rotatable bonds is 1. The maximum Gasteiger partial charge on any atom is 0.416 e. The molecule has 1 aromatic carbocycles. The zero-order chi connectivity index (χ0) is 17.2. The largest absolute Gasteiger partial charge is 0.416 e. The summed E-state index contributed by atoms with van der Waals surface area (Å²) >= 11 is 0. The Kier molecular flexibility index (Phi) is 4.71. The molecule has 4 nitrogen and oxygen atoms in total. The standard InChI is InChI=1S/C17H22F3N3O/c18-17(19,20)13-2-4-14(5-3-13)22-15(24)23-11-1-6-16(12-23)7-9-21-10-8-16/h2-5,21H,1,6-12H2,(H,22,24). The van der Waals surface area contributed by atoms with E-state index in [1.54, 1.807) is 4.90 Å². The molecule has 7 heteroatoms. The number of carbonyl (C=O) groups is 1. The number of hydrogen-bond acceptors (Lipinski definition) is 2. The molecule has 2 heterocycles. The first-order chi connectivity index (χ1) is 11.4. The first-order valence-corrected chi connectivity index (χ1v) is 8.32. The lowest BCUT2D eigenvalue weighted by atomic mass is 9.73. The minimum atomic E-state index is -4.36. The SMILES string of the molecule is O=C(Nc1ccc(C(F)(F)F)cc1)N1CCCC2(CCNCC2)C1. The molecule has 0 aliphatic carbocycles. The first-order valence-electron chi connectivity index (χ1n) is 8.32. The lowest BCUT2D eigenvalue weighted by Gasteiger charge is -2.45. The highest BCUT2D eigenvalue weighted by Crippen LogP contribution is 2.38. The smallest absolute Gasteiger partial charge is 0.324 e. The molecule has 0 saturated carbocycles. The van der Waals surface area contributed by atoms with Gasteiger partial charge in [-0.1, -0.05) is 0 Å². The van der Waals surface area contributed by atoms with E-state index in [1.807, 2.05) is 0 Å². The summed E-state index contributed by atoms with van der Waals surface area (Å²) < 4.78 is 37.7. The Bertz CT molecular complexity index is 574. The van der Waals surface area contributed by atoms with Gasteiger partial charge in [0.2, 0.25) is 0 Å². The number of halogens is 3. The zero-order valence-electron chi connectivity index (χ0n) is 13.5. The van der Waals surface area contributed by atoms with Gasteiger partial charge in [-0.05, 0) is 68.5 Å².